The van der Waals surface area contributed by atoms with E-state index in [4.69, 9.17) is 0 Å². The highest BCUT2D eigenvalue weighted by molar-refractivity contribution is 9.10. The normalized spacial score (nSPS) is 12.2. The fraction of sp³-hybridized carbons (Fsp3) is 0.286. The number of sulfonamides is 1. The van der Waals surface area contributed by atoms with Crippen molar-refractivity contribution in [2.24, 2.45) is 0 Å². The molecular formula is C28H32BrN3O4S. The van der Waals surface area contributed by atoms with Crippen LogP contribution in [0.25, 0.3) is 0 Å². The van der Waals surface area contributed by atoms with E-state index in [1.165, 1.54) is 17.0 Å². The Morgan fingerprint density at radius 2 is 1.57 bits per heavy atom. The largest absolute Gasteiger partial charge is 0.352 e. The van der Waals surface area contributed by atoms with Gasteiger partial charge in [0.15, 0.2) is 0 Å². The predicted molar refractivity (Wildman–Crippen MR) is 150 cm³/mol. The van der Waals surface area contributed by atoms with Gasteiger partial charge in [-0.2, -0.15) is 0 Å². The number of nitrogens with zero attached hydrogens (tertiary/aromatic N) is 2. The van der Waals surface area contributed by atoms with Crippen LogP contribution in [0.5, 0.6) is 0 Å². The highest BCUT2D eigenvalue weighted by Crippen LogP contribution is 2.26. The van der Waals surface area contributed by atoms with Gasteiger partial charge in [-0.3, -0.25) is 13.9 Å². The Hall–Kier alpha value is -3.17. The molecule has 3 rings (SSSR count). The summed E-state index contributed by atoms with van der Waals surface area (Å²) in [6, 6.07) is 21.4. The van der Waals surface area contributed by atoms with Gasteiger partial charge in [0.05, 0.1) is 10.6 Å². The first-order valence-electron chi connectivity index (χ1n) is 12.0. The molecule has 0 aliphatic carbocycles. The van der Waals surface area contributed by atoms with Crippen LogP contribution in [0.15, 0.2) is 88.2 Å². The number of carbonyl (C=O) groups is 2. The molecule has 1 N–H and O–H groups in total. The summed E-state index contributed by atoms with van der Waals surface area (Å²) in [5.41, 5.74) is 2.21. The molecule has 0 aliphatic rings. The summed E-state index contributed by atoms with van der Waals surface area (Å²) in [6.45, 7) is 6.99. The average Bonchev–Trinajstić information content (AvgIpc) is 2.86. The number of benzene rings is 3. The minimum atomic E-state index is -4.07. The van der Waals surface area contributed by atoms with Gasteiger partial charge in [0.25, 0.3) is 10.0 Å². The zero-order valence-corrected chi connectivity index (χ0v) is 23.8. The Bertz CT molecular complexity index is 1330. The lowest BCUT2D eigenvalue weighted by Crippen LogP contribution is -2.52. The fourth-order valence-corrected chi connectivity index (χ4v) is 5.55. The van der Waals surface area contributed by atoms with Crippen molar-refractivity contribution in [2.75, 3.05) is 10.8 Å². The van der Waals surface area contributed by atoms with Crippen molar-refractivity contribution in [3.8, 4) is 0 Å². The molecule has 0 spiro atoms. The van der Waals surface area contributed by atoms with Crippen LogP contribution in [-0.2, 0) is 26.2 Å². The third-order valence-corrected chi connectivity index (χ3v) is 8.08. The van der Waals surface area contributed by atoms with Gasteiger partial charge in [-0.05, 0) is 69.7 Å². The van der Waals surface area contributed by atoms with E-state index in [1.54, 1.807) is 49.4 Å². The van der Waals surface area contributed by atoms with Gasteiger partial charge in [0, 0.05) is 17.1 Å². The number of nitrogens with one attached hydrogen (secondary N) is 1. The third-order valence-electron chi connectivity index (χ3n) is 5.76. The highest BCUT2D eigenvalue weighted by atomic mass is 79.9. The van der Waals surface area contributed by atoms with E-state index in [1.807, 2.05) is 45.0 Å². The molecule has 0 aliphatic heterocycles. The summed E-state index contributed by atoms with van der Waals surface area (Å²) >= 11 is 3.37. The second kappa shape index (κ2) is 12.4. The van der Waals surface area contributed by atoms with Gasteiger partial charge in [-0.25, -0.2) is 8.42 Å². The van der Waals surface area contributed by atoms with Crippen molar-refractivity contribution in [1.29, 1.82) is 0 Å². The van der Waals surface area contributed by atoms with Crippen LogP contribution in [0, 0.1) is 6.92 Å². The van der Waals surface area contributed by atoms with E-state index in [0.717, 1.165) is 19.9 Å². The van der Waals surface area contributed by atoms with E-state index < -0.39 is 28.5 Å². The number of halogens is 1. The Morgan fingerprint density at radius 1 is 0.919 bits per heavy atom. The minimum absolute atomic E-state index is 0.0709. The van der Waals surface area contributed by atoms with Crippen LogP contribution in [0.2, 0.25) is 0 Å². The maximum Gasteiger partial charge on any atom is 0.264 e. The molecule has 0 saturated carbocycles. The third kappa shape index (κ3) is 7.42. The Morgan fingerprint density at radius 3 is 2.16 bits per heavy atom. The van der Waals surface area contributed by atoms with Crippen molar-refractivity contribution < 1.29 is 18.0 Å². The van der Waals surface area contributed by atoms with Crippen molar-refractivity contribution in [3.05, 3.63) is 94.5 Å². The Balaban J connectivity index is 2.01. The SMILES string of the molecule is Cc1cccc(CN(C(=O)CN(c2ccc(Br)cc2)S(=O)(=O)c2ccccc2)C(C)C(=O)NC(C)C)c1. The quantitative estimate of drug-likeness (QED) is 0.367. The second-order valence-electron chi connectivity index (χ2n) is 9.15. The van der Waals surface area contributed by atoms with Crippen LogP contribution in [0.1, 0.15) is 31.9 Å². The number of hydrogen-bond acceptors (Lipinski definition) is 4. The van der Waals surface area contributed by atoms with E-state index in [2.05, 4.69) is 21.2 Å². The summed E-state index contributed by atoms with van der Waals surface area (Å²) in [7, 11) is -4.07. The molecule has 0 radical (unpaired) electrons. The van der Waals surface area contributed by atoms with Crippen LogP contribution in [0.4, 0.5) is 5.69 Å². The number of carbonyl (C=O) groups excluding carboxylic acids is 2. The second-order valence-corrected chi connectivity index (χ2v) is 11.9. The number of hydrogen-bond donors (Lipinski definition) is 1. The van der Waals surface area contributed by atoms with E-state index in [9.17, 15) is 18.0 Å². The van der Waals surface area contributed by atoms with Gasteiger partial charge in [-0.1, -0.05) is 64.0 Å². The molecule has 7 nitrogen and oxygen atoms in total. The molecule has 3 aromatic rings. The average molecular weight is 587 g/mol. The standard InChI is InChI=1S/C28H32BrN3O4S/c1-20(2)30-28(34)22(4)31(18-23-10-8-9-21(3)17-23)27(33)19-32(25-15-13-24(29)14-16-25)37(35,36)26-11-6-5-7-12-26/h5-17,20,22H,18-19H2,1-4H3,(H,30,34). The number of amides is 2. The first kappa shape index (κ1) is 28.4. The summed E-state index contributed by atoms with van der Waals surface area (Å²) in [5.74, 6) is -0.799. The molecule has 1 unspecified atom stereocenters. The smallest absolute Gasteiger partial charge is 0.264 e. The summed E-state index contributed by atoms with van der Waals surface area (Å²) in [6.07, 6.45) is 0. The Kier molecular flexibility index (Phi) is 9.50. The van der Waals surface area contributed by atoms with Crippen molar-refractivity contribution in [3.63, 3.8) is 0 Å². The molecule has 2 amide bonds. The maximum absolute atomic E-state index is 13.8. The van der Waals surface area contributed by atoms with Crippen LogP contribution in [-0.4, -0.2) is 43.8 Å². The molecule has 0 fully saturated rings. The van der Waals surface area contributed by atoms with E-state index in [-0.39, 0.29) is 23.4 Å². The first-order valence-corrected chi connectivity index (χ1v) is 14.2. The topological polar surface area (TPSA) is 86.8 Å². The van der Waals surface area contributed by atoms with Crippen molar-refractivity contribution in [2.45, 2.75) is 51.2 Å². The number of rotatable bonds is 10. The van der Waals surface area contributed by atoms with Gasteiger partial charge >= 0.3 is 0 Å². The van der Waals surface area contributed by atoms with Gasteiger partial charge in [-0.15, -0.1) is 0 Å². The molecule has 0 heterocycles. The zero-order chi connectivity index (χ0) is 27.2. The molecule has 0 bridgehead atoms. The lowest BCUT2D eigenvalue weighted by Gasteiger charge is -2.32. The van der Waals surface area contributed by atoms with E-state index in [0.29, 0.717) is 5.69 Å². The summed E-state index contributed by atoms with van der Waals surface area (Å²) in [5, 5.41) is 2.85. The van der Waals surface area contributed by atoms with Gasteiger partial charge in [0.2, 0.25) is 11.8 Å². The van der Waals surface area contributed by atoms with Gasteiger partial charge in [0.1, 0.15) is 12.6 Å². The minimum Gasteiger partial charge on any atom is -0.352 e. The lowest BCUT2D eigenvalue weighted by molar-refractivity contribution is -0.139. The number of aryl methyl sites for hydroxylation is 1. The van der Waals surface area contributed by atoms with Crippen molar-refractivity contribution in [1.82, 2.24) is 10.2 Å². The number of anilines is 1. The van der Waals surface area contributed by atoms with Gasteiger partial charge < -0.3 is 10.2 Å². The molecule has 0 saturated heterocycles. The van der Waals surface area contributed by atoms with E-state index >= 15 is 0 Å². The fourth-order valence-electron chi connectivity index (χ4n) is 3.85. The van der Waals surface area contributed by atoms with Crippen LogP contribution >= 0.6 is 15.9 Å². The Labute approximate surface area is 227 Å². The summed E-state index contributed by atoms with van der Waals surface area (Å²) in [4.78, 5) is 28.2. The highest BCUT2D eigenvalue weighted by Gasteiger charge is 2.32. The monoisotopic (exact) mass is 585 g/mol. The molecule has 37 heavy (non-hydrogen) atoms. The predicted octanol–water partition coefficient (Wildman–Crippen LogP) is 4.89. The van der Waals surface area contributed by atoms with Crippen molar-refractivity contribution >= 4 is 43.5 Å². The first-order chi connectivity index (χ1) is 17.5. The molecule has 3 aromatic carbocycles. The summed E-state index contributed by atoms with van der Waals surface area (Å²) < 4.78 is 29.3. The molecule has 1 atom stereocenters. The molecule has 196 valence electrons. The molecule has 9 heteroatoms. The molecule has 0 aromatic heterocycles. The lowest BCUT2D eigenvalue weighted by atomic mass is 10.1. The zero-order valence-electron chi connectivity index (χ0n) is 21.4. The van der Waals surface area contributed by atoms with Crippen LogP contribution < -0.4 is 9.62 Å². The van der Waals surface area contributed by atoms with Crippen LogP contribution in [0.3, 0.4) is 0 Å². The maximum atomic E-state index is 13.8. The molecular weight excluding hydrogens is 554 g/mol.